The first-order valence-corrected chi connectivity index (χ1v) is 10.2. The molecule has 0 fully saturated rings. The second-order valence-corrected chi connectivity index (χ2v) is 8.07. The van der Waals surface area contributed by atoms with Gasteiger partial charge in [-0.2, -0.15) is 0 Å². The van der Waals surface area contributed by atoms with Crippen LogP contribution in [0.4, 0.5) is 0 Å². The van der Waals surface area contributed by atoms with Crippen molar-refractivity contribution < 1.29 is 17.6 Å². The Hall–Kier alpha value is -2.64. The molecular formula is C20H22N2O4S. The minimum absolute atomic E-state index is 0.0694. The quantitative estimate of drug-likeness (QED) is 0.702. The SMILES string of the molecule is CCNS(=O)(=O)c1cccc(C(=O)N(C)C(C)c2cc3ccccc3o2)c1. The molecule has 1 amide bonds. The van der Waals surface area contributed by atoms with Gasteiger partial charge in [0.25, 0.3) is 5.91 Å². The van der Waals surface area contributed by atoms with Crippen molar-refractivity contribution in [2.24, 2.45) is 0 Å². The Bertz CT molecular complexity index is 1040. The van der Waals surface area contributed by atoms with Gasteiger partial charge in [-0.1, -0.05) is 31.2 Å². The molecule has 0 aliphatic rings. The zero-order valence-corrected chi connectivity index (χ0v) is 16.3. The Balaban J connectivity index is 1.86. The average molecular weight is 386 g/mol. The molecule has 0 radical (unpaired) electrons. The Kier molecular flexibility index (Phi) is 5.34. The van der Waals surface area contributed by atoms with E-state index in [9.17, 15) is 13.2 Å². The Morgan fingerprint density at radius 1 is 1.15 bits per heavy atom. The van der Waals surface area contributed by atoms with Crippen LogP contribution in [0, 0.1) is 0 Å². The largest absolute Gasteiger partial charge is 0.459 e. The van der Waals surface area contributed by atoms with E-state index >= 15 is 0 Å². The van der Waals surface area contributed by atoms with Gasteiger partial charge in [0, 0.05) is 24.5 Å². The molecule has 0 aliphatic carbocycles. The lowest BCUT2D eigenvalue weighted by Crippen LogP contribution is -2.30. The number of nitrogens with zero attached hydrogens (tertiary/aromatic N) is 1. The van der Waals surface area contributed by atoms with Gasteiger partial charge >= 0.3 is 0 Å². The molecule has 2 aromatic carbocycles. The predicted octanol–water partition coefficient (Wildman–Crippen LogP) is 3.56. The van der Waals surface area contributed by atoms with Crippen LogP contribution < -0.4 is 4.72 Å². The summed E-state index contributed by atoms with van der Waals surface area (Å²) in [5, 5.41) is 0.971. The molecule has 1 unspecified atom stereocenters. The highest BCUT2D eigenvalue weighted by atomic mass is 32.2. The van der Waals surface area contributed by atoms with E-state index in [1.165, 1.54) is 17.0 Å². The molecule has 1 aromatic heterocycles. The normalized spacial score (nSPS) is 12.9. The Morgan fingerprint density at radius 2 is 1.89 bits per heavy atom. The van der Waals surface area contributed by atoms with E-state index in [-0.39, 0.29) is 23.4 Å². The van der Waals surface area contributed by atoms with Gasteiger partial charge in [-0.05, 0) is 37.3 Å². The highest BCUT2D eigenvalue weighted by Crippen LogP contribution is 2.27. The maximum absolute atomic E-state index is 12.9. The fraction of sp³-hybridized carbons (Fsp3) is 0.250. The smallest absolute Gasteiger partial charge is 0.254 e. The first-order chi connectivity index (χ1) is 12.8. The number of sulfonamides is 1. The maximum Gasteiger partial charge on any atom is 0.254 e. The number of rotatable bonds is 6. The van der Waals surface area contributed by atoms with Crippen LogP contribution in [0.3, 0.4) is 0 Å². The highest BCUT2D eigenvalue weighted by Gasteiger charge is 2.23. The van der Waals surface area contributed by atoms with Gasteiger partial charge in [0.2, 0.25) is 10.0 Å². The molecule has 3 rings (SSSR count). The van der Waals surface area contributed by atoms with E-state index in [1.807, 2.05) is 37.3 Å². The monoisotopic (exact) mass is 386 g/mol. The predicted molar refractivity (Wildman–Crippen MR) is 104 cm³/mol. The van der Waals surface area contributed by atoms with Crippen molar-refractivity contribution in [3.05, 3.63) is 65.9 Å². The van der Waals surface area contributed by atoms with Gasteiger partial charge in [-0.15, -0.1) is 0 Å². The van der Waals surface area contributed by atoms with Crippen LogP contribution in [-0.4, -0.2) is 32.8 Å². The minimum Gasteiger partial charge on any atom is -0.459 e. The van der Waals surface area contributed by atoms with Gasteiger partial charge in [-0.25, -0.2) is 13.1 Å². The summed E-state index contributed by atoms with van der Waals surface area (Å²) in [6, 6.07) is 15.3. The van der Waals surface area contributed by atoms with Gasteiger partial charge in [0.05, 0.1) is 10.9 Å². The van der Waals surface area contributed by atoms with Gasteiger partial charge in [0.1, 0.15) is 11.3 Å². The number of nitrogens with one attached hydrogen (secondary N) is 1. The highest BCUT2D eigenvalue weighted by molar-refractivity contribution is 7.89. The third-order valence-corrected chi connectivity index (χ3v) is 6.03. The summed E-state index contributed by atoms with van der Waals surface area (Å²) in [5.41, 5.74) is 1.07. The van der Waals surface area contributed by atoms with E-state index in [0.717, 1.165) is 11.0 Å². The number of hydrogen-bond acceptors (Lipinski definition) is 4. The standard InChI is InChI=1S/C20H22N2O4S/c1-4-21-27(24,25)17-10-7-9-16(12-17)20(23)22(3)14(2)19-13-15-8-5-6-11-18(15)26-19/h5-14,21H,4H2,1-3H3. The number of carbonyl (C=O) groups is 1. The van der Waals surface area contributed by atoms with E-state index in [1.54, 1.807) is 26.1 Å². The van der Waals surface area contributed by atoms with Crippen molar-refractivity contribution in [3.63, 3.8) is 0 Å². The first-order valence-electron chi connectivity index (χ1n) is 8.69. The van der Waals surface area contributed by atoms with Crippen molar-refractivity contribution >= 4 is 26.9 Å². The Morgan fingerprint density at radius 3 is 2.59 bits per heavy atom. The van der Waals surface area contributed by atoms with Gasteiger partial charge in [-0.3, -0.25) is 4.79 Å². The summed E-state index contributed by atoms with van der Waals surface area (Å²) in [5.74, 6) is 0.389. The molecular weight excluding hydrogens is 364 g/mol. The van der Waals surface area contributed by atoms with Crippen molar-refractivity contribution in [1.82, 2.24) is 9.62 Å². The van der Waals surface area contributed by atoms with E-state index in [4.69, 9.17) is 4.42 Å². The van der Waals surface area contributed by atoms with Crippen molar-refractivity contribution in [1.29, 1.82) is 0 Å². The zero-order chi connectivity index (χ0) is 19.6. The van der Waals surface area contributed by atoms with Crippen LogP contribution in [0.5, 0.6) is 0 Å². The average Bonchev–Trinajstić information content (AvgIpc) is 3.10. The van der Waals surface area contributed by atoms with Crippen LogP contribution in [0.25, 0.3) is 11.0 Å². The summed E-state index contributed by atoms with van der Waals surface area (Å²) in [7, 11) is -1.95. The first kappa shape index (κ1) is 19.1. The second kappa shape index (κ2) is 7.54. The molecule has 0 bridgehead atoms. The van der Waals surface area contributed by atoms with Crippen molar-refractivity contribution in [3.8, 4) is 0 Å². The van der Waals surface area contributed by atoms with Crippen LogP contribution in [-0.2, 0) is 10.0 Å². The molecule has 142 valence electrons. The van der Waals surface area contributed by atoms with Gasteiger partial charge < -0.3 is 9.32 Å². The molecule has 0 saturated heterocycles. The molecule has 0 aliphatic heterocycles. The number of hydrogen-bond donors (Lipinski definition) is 1. The van der Waals surface area contributed by atoms with E-state index < -0.39 is 10.0 Å². The number of furan rings is 1. The number of benzene rings is 2. The Labute approximate surface area is 158 Å². The minimum atomic E-state index is -3.62. The molecule has 6 nitrogen and oxygen atoms in total. The number of para-hydroxylation sites is 1. The summed E-state index contributed by atoms with van der Waals surface area (Å²) < 4.78 is 32.6. The number of carbonyl (C=O) groups excluding carboxylic acids is 1. The number of fused-ring (bicyclic) bond motifs is 1. The van der Waals surface area contributed by atoms with Crippen LogP contribution in [0.1, 0.15) is 36.0 Å². The van der Waals surface area contributed by atoms with Gasteiger partial charge in [0.15, 0.2) is 0 Å². The fourth-order valence-corrected chi connectivity index (χ4v) is 3.93. The summed E-state index contributed by atoms with van der Waals surface area (Å²) in [6.07, 6.45) is 0. The molecule has 27 heavy (non-hydrogen) atoms. The molecule has 1 N–H and O–H groups in total. The van der Waals surface area contributed by atoms with Crippen LogP contribution in [0.2, 0.25) is 0 Å². The second-order valence-electron chi connectivity index (χ2n) is 6.31. The lowest BCUT2D eigenvalue weighted by Gasteiger charge is -2.23. The molecule has 3 aromatic rings. The van der Waals surface area contributed by atoms with Crippen molar-refractivity contribution in [2.45, 2.75) is 24.8 Å². The lowest BCUT2D eigenvalue weighted by molar-refractivity contribution is 0.0727. The fourth-order valence-electron chi connectivity index (χ4n) is 2.85. The van der Waals surface area contributed by atoms with Crippen LogP contribution in [0.15, 0.2) is 63.9 Å². The summed E-state index contributed by atoms with van der Waals surface area (Å²) in [4.78, 5) is 14.5. The van der Waals surface area contributed by atoms with Crippen LogP contribution >= 0.6 is 0 Å². The molecule has 1 heterocycles. The topological polar surface area (TPSA) is 79.6 Å². The van der Waals surface area contributed by atoms with Crippen molar-refractivity contribution in [2.75, 3.05) is 13.6 Å². The summed E-state index contributed by atoms with van der Waals surface area (Å²) >= 11 is 0. The zero-order valence-electron chi connectivity index (χ0n) is 15.5. The van der Waals surface area contributed by atoms with E-state index in [2.05, 4.69) is 4.72 Å². The third-order valence-electron chi connectivity index (χ3n) is 4.48. The summed E-state index contributed by atoms with van der Waals surface area (Å²) in [6.45, 7) is 3.85. The molecule has 1 atom stereocenters. The maximum atomic E-state index is 12.9. The van der Waals surface area contributed by atoms with E-state index in [0.29, 0.717) is 11.3 Å². The molecule has 7 heteroatoms. The lowest BCUT2D eigenvalue weighted by atomic mass is 10.1. The number of amides is 1. The molecule has 0 saturated carbocycles. The third kappa shape index (κ3) is 3.89. The molecule has 0 spiro atoms.